The van der Waals surface area contributed by atoms with Crippen molar-refractivity contribution < 1.29 is 19.1 Å². The third-order valence-electron chi connectivity index (χ3n) is 11.2. The van der Waals surface area contributed by atoms with E-state index in [0.29, 0.717) is 35.3 Å². The number of carbonyl (C=O) groups excluding carboxylic acids is 2. The zero-order valence-electron chi connectivity index (χ0n) is 28.8. The van der Waals surface area contributed by atoms with Gasteiger partial charge in [0.2, 0.25) is 0 Å². The highest BCUT2D eigenvalue weighted by Gasteiger charge is 2.65. The fourth-order valence-corrected chi connectivity index (χ4v) is 10.5. The first-order valence-corrected chi connectivity index (χ1v) is 17.4. The van der Waals surface area contributed by atoms with Crippen molar-refractivity contribution in [3.63, 3.8) is 0 Å². The Kier molecular flexibility index (Phi) is 7.47. The van der Waals surface area contributed by atoms with Gasteiger partial charge in [-0.15, -0.1) is 0 Å². The van der Waals surface area contributed by atoms with Gasteiger partial charge >= 0.3 is 0 Å². The molecule has 47 heavy (non-hydrogen) atoms. The van der Waals surface area contributed by atoms with Crippen LogP contribution in [0.4, 0.5) is 5.69 Å². The maximum Gasteiger partial charge on any atom is 0.251 e. The molecule has 0 aliphatic heterocycles. The molecule has 0 spiro atoms. The Labute approximate surface area is 278 Å². The Hall–Kier alpha value is -3.90. The number of benzene rings is 3. The van der Waals surface area contributed by atoms with Crippen LogP contribution in [0.1, 0.15) is 106 Å². The summed E-state index contributed by atoms with van der Waals surface area (Å²) in [6, 6.07) is 20.1. The first kappa shape index (κ1) is 31.7. The van der Waals surface area contributed by atoms with Gasteiger partial charge in [0.05, 0.1) is 11.2 Å². The standard InChI is InChI=1S/C41H48N2O4/c1-7-33(44)35-31-18-30(32(43(8-2)9-3)19-34(31)47-36(35)27-15-13-26(4)14-16-27)28-11-10-12-29(17-28)37(45)42-40-21-38(5)20-39(6,22-40)24-41(46,23-38)25-40/h10-19,46H,7-9,20-25H2,1-6H3,(H,42,45). The number of aliphatic hydroxyl groups is 1. The van der Waals surface area contributed by atoms with E-state index < -0.39 is 11.1 Å². The van der Waals surface area contributed by atoms with Gasteiger partial charge in [-0.05, 0) is 93.9 Å². The second-order valence-corrected chi connectivity index (χ2v) is 15.7. The van der Waals surface area contributed by atoms with Crippen LogP contribution in [0, 0.1) is 17.8 Å². The van der Waals surface area contributed by atoms with Gasteiger partial charge in [-0.1, -0.05) is 62.7 Å². The smallest absolute Gasteiger partial charge is 0.251 e. The number of rotatable bonds is 9. The summed E-state index contributed by atoms with van der Waals surface area (Å²) in [6.45, 7) is 14.4. The number of anilines is 1. The van der Waals surface area contributed by atoms with Crippen molar-refractivity contribution in [3.8, 4) is 22.5 Å². The molecule has 246 valence electrons. The van der Waals surface area contributed by atoms with E-state index >= 15 is 0 Å². The van der Waals surface area contributed by atoms with Crippen LogP contribution in [0.15, 0.2) is 65.1 Å². The molecule has 2 atom stereocenters. The van der Waals surface area contributed by atoms with Crippen LogP contribution in [0.3, 0.4) is 0 Å². The van der Waals surface area contributed by atoms with E-state index in [0.717, 1.165) is 78.5 Å². The maximum atomic E-state index is 14.1. The van der Waals surface area contributed by atoms with Gasteiger partial charge in [0.1, 0.15) is 11.3 Å². The summed E-state index contributed by atoms with van der Waals surface area (Å²) in [5.41, 5.74) is 5.75. The summed E-state index contributed by atoms with van der Waals surface area (Å²) >= 11 is 0. The quantitative estimate of drug-likeness (QED) is 0.180. The van der Waals surface area contributed by atoms with Crippen molar-refractivity contribution in [2.75, 3.05) is 18.0 Å². The van der Waals surface area contributed by atoms with Gasteiger partial charge in [0.15, 0.2) is 5.78 Å². The van der Waals surface area contributed by atoms with Crippen molar-refractivity contribution in [1.29, 1.82) is 0 Å². The summed E-state index contributed by atoms with van der Waals surface area (Å²) in [5, 5.41) is 15.8. The summed E-state index contributed by atoms with van der Waals surface area (Å²) in [5.74, 6) is 0.540. The number of amides is 1. The van der Waals surface area contributed by atoms with E-state index in [4.69, 9.17) is 4.42 Å². The van der Waals surface area contributed by atoms with E-state index in [1.807, 2.05) is 62.4 Å². The molecule has 1 heterocycles. The Bertz CT molecular complexity index is 1830. The molecule has 1 amide bonds. The number of hydrogen-bond donors (Lipinski definition) is 2. The lowest BCUT2D eigenvalue weighted by atomic mass is 9.41. The van der Waals surface area contributed by atoms with Crippen LogP contribution < -0.4 is 10.2 Å². The molecule has 2 N–H and O–H groups in total. The number of furan rings is 1. The summed E-state index contributed by atoms with van der Waals surface area (Å²) in [7, 11) is 0. The molecular weight excluding hydrogens is 584 g/mol. The van der Waals surface area contributed by atoms with Crippen molar-refractivity contribution >= 4 is 28.3 Å². The monoisotopic (exact) mass is 632 g/mol. The lowest BCUT2D eigenvalue weighted by Gasteiger charge is -2.68. The van der Waals surface area contributed by atoms with Gasteiger partial charge < -0.3 is 19.7 Å². The van der Waals surface area contributed by atoms with Crippen molar-refractivity contribution in [1.82, 2.24) is 5.32 Å². The number of ketones is 1. The molecule has 8 rings (SSSR count). The summed E-state index contributed by atoms with van der Waals surface area (Å²) < 4.78 is 6.51. The van der Waals surface area contributed by atoms with E-state index in [1.54, 1.807) is 0 Å². The third-order valence-corrected chi connectivity index (χ3v) is 11.2. The first-order valence-electron chi connectivity index (χ1n) is 17.4. The Morgan fingerprint density at radius 3 is 2.15 bits per heavy atom. The normalized spacial score (nSPS) is 27.7. The highest BCUT2D eigenvalue weighted by atomic mass is 16.3. The van der Waals surface area contributed by atoms with Gasteiger partial charge in [-0.3, -0.25) is 9.59 Å². The van der Waals surface area contributed by atoms with Crippen LogP contribution in [-0.4, -0.2) is 41.0 Å². The third kappa shape index (κ3) is 5.48. The van der Waals surface area contributed by atoms with Gasteiger partial charge in [-0.25, -0.2) is 0 Å². The highest BCUT2D eigenvalue weighted by molar-refractivity contribution is 6.13. The van der Waals surface area contributed by atoms with Crippen molar-refractivity contribution in [3.05, 3.63) is 77.4 Å². The second-order valence-electron chi connectivity index (χ2n) is 15.7. The average Bonchev–Trinajstić information content (AvgIpc) is 3.37. The molecule has 6 nitrogen and oxygen atoms in total. The fraction of sp³-hybridized carbons (Fsp3) is 0.463. The average molecular weight is 633 g/mol. The molecule has 3 aromatic carbocycles. The van der Waals surface area contributed by atoms with Gasteiger partial charge in [0.25, 0.3) is 5.91 Å². The van der Waals surface area contributed by atoms with Gasteiger partial charge in [-0.2, -0.15) is 0 Å². The Balaban J connectivity index is 1.31. The minimum absolute atomic E-state index is 0.0358. The molecule has 4 saturated carbocycles. The number of fused-ring (bicyclic) bond motifs is 1. The van der Waals surface area contributed by atoms with Crippen molar-refractivity contribution in [2.45, 2.75) is 97.6 Å². The number of nitrogens with zero attached hydrogens (tertiary/aromatic N) is 1. The molecule has 4 fully saturated rings. The SMILES string of the molecule is CCC(=O)c1c(-c2ccc(C)cc2)oc2cc(N(CC)CC)c(-c3cccc(C(=O)NC45CC6(C)CC(C)(CC(O)(C6)C4)C5)c3)cc12. The maximum absolute atomic E-state index is 14.1. The first-order chi connectivity index (χ1) is 22.3. The minimum Gasteiger partial charge on any atom is -0.455 e. The number of nitrogens with one attached hydrogen (secondary N) is 1. The van der Waals surface area contributed by atoms with Crippen LogP contribution in [0.2, 0.25) is 0 Å². The molecule has 0 radical (unpaired) electrons. The Morgan fingerprint density at radius 2 is 1.53 bits per heavy atom. The summed E-state index contributed by atoms with van der Waals surface area (Å²) in [6.07, 6.45) is 5.55. The number of hydrogen-bond acceptors (Lipinski definition) is 5. The molecular formula is C41H48N2O4. The van der Waals surface area contributed by atoms with Crippen LogP contribution in [0.25, 0.3) is 33.4 Å². The zero-order valence-corrected chi connectivity index (χ0v) is 28.8. The lowest BCUT2D eigenvalue weighted by molar-refractivity contribution is -0.202. The lowest BCUT2D eigenvalue weighted by Crippen LogP contribution is -2.70. The van der Waals surface area contributed by atoms with E-state index in [1.165, 1.54) is 0 Å². The predicted octanol–water partition coefficient (Wildman–Crippen LogP) is 9.11. The number of carbonyl (C=O) groups is 2. The van der Waals surface area contributed by atoms with E-state index in [-0.39, 0.29) is 22.5 Å². The van der Waals surface area contributed by atoms with E-state index in [9.17, 15) is 14.7 Å². The predicted molar refractivity (Wildman–Crippen MR) is 189 cm³/mol. The molecule has 1 aromatic heterocycles. The molecule has 4 bridgehead atoms. The molecule has 4 aliphatic carbocycles. The van der Waals surface area contributed by atoms with Crippen LogP contribution in [0.5, 0.6) is 0 Å². The minimum atomic E-state index is -0.711. The zero-order chi connectivity index (χ0) is 33.4. The molecule has 0 saturated heterocycles. The van der Waals surface area contributed by atoms with Gasteiger partial charge in [0, 0.05) is 58.9 Å². The van der Waals surface area contributed by atoms with Crippen LogP contribution in [-0.2, 0) is 0 Å². The number of aryl methyl sites for hydroxylation is 1. The fourth-order valence-electron chi connectivity index (χ4n) is 10.5. The summed E-state index contributed by atoms with van der Waals surface area (Å²) in [4.78, 5) is 29.9. The molecule has 2 unspecified atom stereocenters. The molecule has 6 heteroatoms. The van der Waals surface area contributed by atoms with E-state index in [2.05, 4.69) is 50.0 Å². The topological polar surface area (TPSA) is 82.8 Å². The second kappa shape index (κ2) is 11.1. The highest BCUT2D eigenvalue weighted by Crippen LogP contribution is 2.67. The van der Waals surface area contributed by atoms with Crippen molar-refractivity contribution in [2.24, 2.45) is 10.8 Å². The number of Topliss-reactive ketones (excluding diaryl/α,β-unsaturated/α-hetero) is 1. The molecule has 4 aromatic rings. The Morgan fingerprint density at radius 1 is 0.851 bits per heavy atom. The molecule has 4 aliphatic rings. The van der Waals surface area contributed by atoms with Crippen LogP contribution >= 0.6 is 0 Å². The largest absolute Gasteiger partial charge is 0.455 e.